The molecule has 20 heavy (non-hydrogen) atoms. The zero-order valence-corrected chi connectivity index (χ0v) is 12.6. The van der Waals surface area contributed by atoms with Crippen LogP contribution in [0.25, 0.3) is 0 Å². The highest BCUT2D eigenvalue weighted by Gasteiger charge is 2.09. The molecule has 0 fully saturated rings. The minimum atomic E-state index is -3.22. The summed E-state index contributed by atoms with van der Waals surface area (Å²) in [5.74, 6) is 0.374. The molecule has 0 saturated carbocycles. The molecule has 106 valence electrons. The maximum Gasteiger partial charge on any atom is 0.175 e. The molecule has 0 heterocycles. The van der Waals surface area contributed by atoms with Gasteiger partial charge in [0.25, 0.3) is 0 Å². The van der Waals surface area contributed by atoms with Crippen molar-refractivity contribution in [2.45, 2.75) is 15.5 Å². The molecule has 0 aromatic heterocycles. The van der Waals surface area contributed by atoms with E-state index in [-0.39, 0.29) is 4.90 Å². The second-order valence-corrected chi connectivity index (χ2v) is 7.94. The predicted molar refractivity (Wildman–Crippen MR) is 80.5 cm³/mol. The number of sulfone groups is 1. The first-order chi connectivity index (χ1) is 9.36. The van der Waals surface area contributed by atoms with Gasteiger partial charge in [0.2, 0.25) is 0 Å². The van der Waals surface area contributed by atoms with E-state index in [2.05, 4.69) is 0 Å². The van der Waals surface area contributed by atoms with Gasteiger partial charge in [-0.05, 0) is 42.0 Å². The molecule has 2 aromatic carbocycles. The summed E-state index contributed by atoms with van der Waals surface area (Å²) >= 11 is 0. The zero-order valence-electron chi connectivity index (χ0n) is 10.9. The van der Waals surface area contributed by atoms with E-state index in [4.69, 9.17) is 5.73 Å². The van der Waals surface area contributed by atoms with Crippen LogP contribution in [0.5, 0.6) is 0 Å². The van der Waals surface area contributed by atoms with Gasteiger partial charge in [-0.3, -0.25) is 4.21 Å². The summed E-state index contributed by atoms with van der Waals surface area (Å²) in [6.45, 7) is 0. The Bertz CT molecular complexity index is 720. The molecule has 1 atom stereocenters. The molecule has 0 saturated heterocycles. The minimum Gasteiger partial charge on any atom is -0.399 e. The number of nitrogen functional groups attached to an aromatic ring is 1. The molecule has 0 amide bonds. The topological polar surface area (TPSA) is 77.2 Å². The molecule has 1 unspecified atom stereocenters. The third kappa shape index (κ3) is 3.68. The van der Waals surface area contributed by atoms with Gasteiger partial charge in [0, 0.05) is 16.8 Å². The molecule has 0 aliphatic rings. The van der Waals surface area contributed by atoms with Crippen LogP contribution in [-0.4, -0.2) is 18.9 Å². The van der Waals surface area contributed by atoms with Gasteiger partial charge in [-0.1, -0.05) is 12.1 Å². The summed E-state index contributed by atoms with van der Waals surface area (Å²) in [7, 11) is -4.43. The van der Waals surface area contributed by atoms with Crippen molar-refractivity contribution in [2.24, 2.45) is 0 Å². The van der Waals surface area contributed by atoms with Crippen molar-refractivity contribution in [3.05, 3.63) is 54.1 Å². The fraction of sp³-hybridized carbons (Fsp3) is 0.143. The highest BCUT2D eigenvalue weighted by molar-refractivity contribution is 7.90. The molecular formula is C14H15NO3S2. The van der Waals surface area contributed by atoms with Crippen LogP contribution in [0.3, 0.4) is 0 Å². The highest BCUT2D eigenvalue weighted by atomic mass is 32.2. The van der Waals surface area contributed by atoms with E-state index >= 15 is 0 Å². The number of rotatable bonds is 4. The number of benzene rings is 2. The summed E-state index contributed by atoms with van der Waals surface area (Å²) < 4.78 is 34.9. The van der Waals surface area contributed by atoms with Gasteiger partial charge in [0.15, 0.2) is 9.84 Å². The SMILES string of the molecule is CS(=O)(=O)c1ccc(S(=O)Cc2ccc(N)cc2)cc1. The normalized spacial score (nSPS) is 13.1. The minimum absolute atomic E-state index is 0.228. The summed E-state index contributed by atoms with van der Waals surface area (Å²) in [6.07, 6.45) is 1.15. The molecule has 0 spiro atoms. The van der Waals surface area contributed by atoms with Crippen LogP contribution >= 0.6 is 0 Å². The Morgan fingerprint density at radius 1 is 1.00 bits per heavy atom. The first-order valence-electron chi connectivity index (χ1n) is 5.89. The Labute approximate surface area is 121 Å². The van der Waals surface area contributed by atoms with Gasteiger partial charge in [-0.15, -0.1) is 0 Å². The van der Waals surface area contributed by atoms with Crippen molar-refractivity contribution in [3.8, 4) is 0 Å². The standard InChI is InChI=1S/C14H15NO3S2/c1-20(17,18)14-8-6-13(7-9-14)19(16)10-11-2-4-12(15)5-3-11/h2-9H,10,15H2,1H3. The molecule has 4 nitrogen and oxygen atoms in total. The van der Waals surface area contributed by atoms with Crippen LogP contribution in [0.4, 0.5) is 5.69 Å². The quantitative estimate of drug-likeness (QED) is 0.876. The molecule has 0 bridgehead atoms. The van der Waals surface area contributed by atoms with Crippen LogP contribution in [0, 0.1) is 0 Å². The Hall–Kier alpha value is -1.66. The van der Waals surface area contributed by atoms with Gasteiger partial charge < -0.3 is 5.73 Å². The maximum atomic E-state index is 12.2. The van der Waals surface area contributed by atoms with Crippen molar-refractivity contribution >= 4 is 26.3 Å². The van der Waals surface area contributed by atoms with E-state index in [1.807, 2.05) is 12.1 Å². The highest BCUT2D eigenvalue weighted by Crippen LogP contribution is 2.16. The summed E-state index contributed by atoms with van der Waals surface area (Å²) in [5, 5.41) is 0. The molecule has 6 heteroatoms. The molecule has 2 aromatic rings. The first kappa shape index (κ1) is 14.7. The fourth-order valence-electron chi connectivity index (χ4n) is 1.69. The Morgan fingerprint density at radius 2 is 1.55 bits per heavy atom. The van der Waals surface area contributed by atoms with Crippen molar-refractivity contribution < 1.29 is 12.6 Å². The van der Waals surface area contributed by atoms with Crippen molar-refractivity contribution in [3.63, 3.8) is 0 Å². The van der Waals surface area contributed by atoms with Gasteiger partial charge in [0.1, 0.15) is 0 Å². The molecule has 0 aliphatic heterocycles. The number of anilines is 1. The van der Waals surface area contributed by atoms with Crippen LogP contribution in [0.15, 0.2) is 58.3 Å². The molecule has 2 N–H and O–H groups in total. The molecule has 0 radical (unpaired) electrons. The lowest BCUT2D eigenvalue weighted by molar-refractivity contribution is 0.601. The smallest absolute Gasteiger partial charge is 0.175 e. The number of hydrogen-bond acceptors (Lipinski definition) is 4. The van der Waals surface area contributed by atoms with Gasteiger partial charge >= 0.3 is 0 Å². The van der Waals surface area contributed by atoms with Crippen LogP contribution in [0.2, 0.25) is 0 Å². The molecule has 2 rings (SSSR count). The fourth-order valence-corrected chi connectivity index (χ4v) is 3.42. The van der Waals surface area contributed by atoms with E-state index in [1.54, 1.807) is 24.3 Å². The summed E-state index contributed by atoms with van der Waals surface area (Å²) in [5.41, 5.74) is 7.18. The van der Waals surface area contributed by atoms with E-state index in [0.29, 0.717) is 16.3 Å². The Kier molecular flexibility index (Phi) is 4.25. The second kappa shape index (κ2) is 5.76. The first-order valence-corrected chi connectivity index (χ1v) is 9.10. The van der Waals surface area contributed by atoms with Crippen LogP contribution < -0.4 is 5.73 Å². The summed E-state index contributed by atoms with van der Waals surface area (Å²) in [6, 6.07) is 13.3. The molecule has 0 aliphatic carbocycles. The van der Waals surface area contributed by atoms with E-state index < -0.39 is 20.6 Å². The Balaban J connectivity index is 2.15. The third-order valence-corrected chi connectivity index (χ3v) is 5.31. The van der Waals surface area contributed by atoms with Crippen LogP contribution in [-0.2, 0) is 26.4 Å². The van der Waals surface area contributed by atoms with E-state index in [9.17, 15) is 12.6 Å². The van der Waals surface area contributed by atoms with Crippen molar-refractivity contribution in [1.82, 2.24) is 0 Å². The van der Waals surface area contributed by atoms with Gasteiger partial charge in [-0.2, -0.15) is 0 Å². The average Bonchev–Trinajstić information content (AvgIpc) is 2.40. The maximum absolute atomic E-state index is 12.2. The Morgan fingerprint density at radius 3 is 2.05 bits per heavy atom. The van der Waals surface area contributed by atoms with Crippen molar-refractivity contribution in [1.29, 1.82) is 0 Å². The zero-order chi connectivity index (χ0) is 14.8. The van der Waals surface area contributed by atoms with Gasteiger partial charge in [-0.25, -0.2) is 8.42 Å². The second-order valence-electron chi connectivity index (χ2n) is 4.48. The van der Waals surface area contributed by atoms with Crippen molar-refractivity contribution in [2.75, 3.05) is 12.0 Å². The largest absolute Gasteiger partial charge is 0.399 e. The van der Waals surface area contributed by atoms with Gasteiger partial charge in [0.05, 0.1) is 21.4 Å². The lowest BCUT2D eigenvalue weighted by Gasteiger charge is -2.04. The summed E-state index contributed by atoms with van der Waals surface area (Å²) in [4.78, 5) is 0.833. The predicted octanol–water partition coefficient (Wildman–Crippen LogP) is 1.98. The number of nitrogens with two attached hydrogens (primary N) is 1. The number of hydrogen-bond donors (Lipinski definition) is 1. The lowest BCUT2D eigenvalue weighted by Crippen LogP contribution is -2.00. The van der Waals surface area contributed by atoms with E-state index in [1.165, 1.54) is 12.1 Å². The third-order valence-electron chi connectivity index (χ3n) is 2.79. The van der Waals surface area contributed by atoms with Crippen LogP contribution in [0.1, 0.15) is 5.56 Å². The van der Waals surface area contributed by atoms with E-state index in [0.717, 1.165) is 11.8 Å². The molecular weight excluding hydrogens is 294 g/mol. The average molecular weight is 309 g/mol. The lowest BCUT2D eigenvalue weighted by atomic mass is 10.2. The monoisotopic (exact) mass is 309 g/mol.